The van der Waals surface area contributed by atoms with E-state index in [1.807, 2.05) is 0 Å². The van der Waals surface area contributed by atoms with Crippen molar-refractivity contribution >= 4 is 21.7 Å². The molecule has 0 aliphatic heterocycles. The van der Waals surface area contributed by atoms with Crippen molar-refractivity contribution in [1.82, 2.24) is 0 Å². The number of hydrogen-bond donors (Lipinski definition) is 0. The number of rotatable bonds is 4. The molecule has 21 heavy (non-hydrogen) atoms. The first-order valence-electron chi connectivity index (χ1n) is 6.54. The number of carbonyl (C=O) groups is 1. The molecule has 0 aliphatic rings. The summed E-state index contributed by atoms with van der Waals surface area (Å²) in [6.45, 7) is 3.52. The summed E-state index contributed by atoms with van der Waals surface area (Å²) >= 11 is 3.27. The van der Waals surface area contributed by atoms with Gasteiger partial charge in [0.2, 0.25) is 0 Å². The van der Waals surface area contributed by atoms with Gasteiger partial charge in [-0.05, 0) is 55.3 Å². The zero-order valence-corrected chi connectivity index (χ0v) is 13.4. The molecule has 0 radical (unpaired) electrons. The van der Waals surface area contributed by atoms with E-state index in [9.17, 15) is 13.6 Å². The summed E-state index contributed by atoms with van der Waals surface area (Å²) in [5.41, 5.74) is 0.261. The molecule has 2 aromatic rings. The normalized spacial score (nSPS) is 11.5. The second kappa shape index (κ2) is 6.06. The van der Waals surface area contributed by atoms with Crippen LogP contribution >= 0.6 is 15.9 Å². The number of halogens is 3. The van der Waals surface area contributed by atoms with Gasteiger partial charge in [-0.3, -0.25) is 4.79 Å². The van der Waals surface area contributed by atoms with Gasteiger partial charge in [-0.2, -0.15) is 0 Å². The molecule has 0 atom stereocenters. The number of benzene rings is 2. The predicted molar refractivity (Wildman–Crippen MR) is 82.2 cm³/mol. The smallest absolute Gasteiger partial charge is 0.147 e. The van der Waals surface area contributed by atoms with E-state index in [2.05, 4.69) is 15.9 Å². The van der Waals surface area contributed by atoms with Crippen LogP contribution in [0.25, 0.3) is 0 Å². The fourth-order valence-corrected chi connectivity index (χ4v) is 2.51. The van der Waals surface area contributed by atoms with E-state index in [0.717, 1.165) is 4.47 Å². The van der Waals surface area contributed by atoms with Crippen molar-refractivity contribution in [2.75, 3.05) is 0 Å². The third-order valence-electron chi connectivity index (χ3n) is 3.62. The van der Waals surface area contributed by atoms with Crippen molar-refractivity contribution in [2.45, 2.75) is 25.7 Å². The van der Waals surface area contributed by atoms with Gasteiger partial charge in [-0.1, -0.05) is 28.1 Å². The predicted octanol–water partition coefficient (Wildman–Crippen LogP) is 4.82. The molecular weight excluding hydrogens is 338 g/mol. The van der Waals surface area contributed by atoms with Crippen LogP contribution in [-0.2, 0) is 16.6 Å². The SMILES string of the molecule is CC(C)(C(=O)Cc1cc(Br)ccc1F)c1ccc(F)cc1. The topological polar surface area (TPSA) is 17.1 Å². The number of ketones is 1. The average molecular weight is 353 g/mol. The molecule has 0 spiro atoms. The molecule has 0 N–H and O–H groups in total. The Hall–Kier alpha value is -1.55. The molecule has 110 valence electrons. The van der Waals surface area contributed by atoms with Gasteiger partial charge in [0.15, 0.2) is 0 Å². The van der Waals surface area contributed by atoms with E-state index in [0.29, 0.717) is 11.1 Å². The molecule has 0 aliphatic carbocycles. The lowest BCUT2D eigenvalue weighted by molar-refractivity contribution is -0.122. The fourth-order valence-electron chi connectivity index (χ4n) is 2.10. The lowest BCUT2D eigenvalue weighted by Crippen LogP contribution is -2.30. The Kier molecular flexibility index (Phi) is 4.57. The lowest BCUT2D eigenvalue weighted by Gasteiger charge is -2.24. The molecule has 0 fully saturated rings. The van der Waals surface area contributed by atoms with Crippen LogP contribution in [0.2, 0.25) is 0 Å². The van der Waals surface area contributed by atoms with Crippen LogP contribution in [0.3, 0.4) is 0 Å². The van der Waals surface area contributed by atoms with E-state index in [1.54, 1.807) is 38.1 Å². The van der Waals surface area contributed by atoms with Gasteiger partial charge >= 0.3 is 0 Å². The van der Waals surface area contributed by atoms with Crippen LogP contribution in [0.1, 0.15) is 25.0 Å². The summed E-state index contributed by atoms with van der Waals surface area (Å²) in [5, 5.41) is 0. The van der Waals surface area contributed by atoms with Crippen LogP contribution in [0, 0.1) is 11.6 Å². The Bertz CT molecular complexity index is 663. The molecule has 2 aromatic carbocycles. The summed E-state index contributed by atoms with van der Waals surface area (Å²) in [6.07, 6.45) is -0.00432. The van der Waals surface area contributed by atoms with Crippen LogP contribution in [-0.4, -0.2) is 5.78 Å². The van der Waals surface area contributed by atoms with Crippen LogP contribution in [0.15, 0.2) is 46.9 Å². The third-order valence-corrected chi connectivity index (χ3v) is 4.12. The van der Waals surface area contributed by atoms with Gasteiger partial charge < -0.3 is 0 Å². The van der Waals surface area contributed by atoms with E-state index in [1.165, 1.54) is 18.2 Å². The number of carbonyl (C=O) groups excluding carboxylic acids is 1. The molecule has 0 aromatic heterocycles. The van der Waals surface area contributed by atoms with Gasteiger partial charge in [0.1, 0.15) is 17.4 Å². The maximum absolute atomic E-state index is 13.8. The number of hydrogen-bond acceptors (Lipinski definition) is 1. The number of Topliss-reactive ketones (excluding diaryl/α,β-unsaturated/α-hetero) is 1. The Morgan fingerprint density at radius 2 is 1.71 bits per heavy atom. The van der Waals surface area contributed by atoms with Crippen molar-refractivity contribution in [3.63, 3.8) is 0 Å². The second-order valence-electron chi connectivity index (χ2n) is 5.47. The van der Waals surface area contributed by atoms with Crippen molar-refractivity contribution < 1.29 is 13.6 Å². The standard InChI is InChI=1S/C17H15BrF2O/c1-17(2,12-3-6-14(19)7-4-12)16(21)10-11-9-13(18)5-8-15(11)20/h3-9H,10H2,1-2H3. The molecule has 1 nitrogen and oxygen atoms in total. The Morgan fingerprint density at radius 3 is 2.33 bits per heavy atom. The molecule has 0 bridgehead atoms. The maximum atomic E-state index is 13.8. The minimum Gasteiger partial charge on any atom is -0.298 e. The third kappa shape index (κ3) is 3.56. The minimum atomic E-state index is -0.803. The van der Waals surface area contributed by atoms with Crippen LogP contribution in [0.5, 0.6) is 0 Å². The highest BCUT2D eigenvalue weighted by molar-refractivity contribution is 9.10. The monoisotopic (exact) mass is 352 g/mol. The summed E-state index contributed by atoms with van der Waals surface area (Å²) in [5.74, 6) is -0.868. The van der Waals surface area contributed by atoms with Gasteiger partial charge in [0, 0.05) is 16.3 Å². The highest BCUT2D eigenvalue weighted by Gasteiger charge is 2.30. The van der Waals surface area contributed by atoms with Crippen molar-refractivity contribution in [2.24, 2.45) is 0 Å². The average Bonchev–Trinajstić information content (AvgIpc) is 2.43. The zero-order chi connectivity index (χ0) is 15.6. The summed E-state index contributed by atoms with van der Waals surface area (Å²) in [4.78, 5) is 12.5. The fraction of sp³-hybridized carbons (Fsp3) is 0.235. The van der Waals surface area contributed by atoms with E-state index in [4.69, 9.17) is 0 Å². The van der Waals surface area contributed by atoms with Crippen molar-refractivity contribution in [3.05, 3.63) is 69.7 Å². The summed E-state index contributed by atoms with van der Waals surface area (Å²) < 4.78 is 27.5. The molecule has 0 saturated heterocycles. The summed E-state index contributed by atoms with van der Waals surface area (Å²) in [7, 11) is 0. The first-order valence-corrected chi connectivity index (χ1v) is 7.33. The van der Waals surface area contributed by atoms with Gasteiger partial charge in [0.05, 0.1) is 0 Å². The molecular formula is C17H15BrF2O. The molecule has 4 heteroatoms. The molecule has 0 unspecified atom stereocenters. The Morgan fingerprint density at radius 1 is 1.10 bits per heavy atom. The highest BCUT2D eigenvalue weighted by Crippen LogP contribution is 2.27. The molecule has 0 heterocycles. The van der Waals surface area contributed by atoms with Crippen molar-refractivity contribution in [3.8, 4) is 0 Å². The highest BCUT2D eigenvalue weighted by atomic mass is 79.9. The second-order valence-corrected chi connectivity index (χ2v) is 6.38. The van der Waals surface area contributed by atoms with Gasteiger partial charge in [-0.25, -0.2) is 8.78 Å². The van der Waals surface area contributed by atoms with Gasteiger partial charge in [0.25, 0.3) is 0 Å². The van der Waals surface area contributed by atoms with Crippen LogP contribution in [0.4, 0.5) is 8.78 Å². The van der Waals surface area contributed by atoms with E-state index < -0.39 is 11.2 Å². The van der Waals surface area contributed by atoms with Crippen molar-refractivity contribution in [1.29, 1.82) is 0 Å². The Balaban J connectivity index is 2.26. The molecule has 0 amide bonds. The van der Waals surface area contributed by atoms with Gasteiger partial charge in [-0.15, -0.1) is 0 Å². The first kappa shape index (κ1) is 15.8. The largest absolute Gasteiger partial charge is 0.298 e. The van der Waals surface area contributed by atoms with E-state index in [-0.39, 0.29) is 18.0 Å². The zero-order valence-electron chi connectivity index (χ0n) is 11.8. The van der Waals surface area contributed by atoms with E-state index >= 15 is 0 Å². The summed E-state index contributed by atoms with van der Waals surface area (Å²) in [6, 6.07) is 10.4. The Labute approximate surface area is 131 Å². The molecule has 0 saturated carbocycles. The minimum absolute atomic E-state index is 0.00432. The quantitative estimate of drug-likeness (QED) is 0.771. The molecule has 2 rings (SSSR count). The van der Waals surface area contributed by atoms with Crippen LogP contribution < -0.4 is 0 Å². The maximum Gasteiger partial charge on any atom is 0.147 e. The first-order chi connectivity index (χ1) is 9.80. The lowest BCUT2D eigenvalue weighted by atomic mass is 9.78.